The van der Waals surface area contributed by atoms with Crippen LogP contribution in [0.5, 0.6) is 0 Å². The van der Waals surface area contributed by atoms with Crippen LogP contribution < -0.4 is 10.6 Å². The van der Waals surface area contributed by atoms with Gasteiger partial charge in [-0.25, -0.2) is 0 Å². The van der Waals surface area contributed by atoms with Crippen molar-refractivity contribution < 1.29 is 0 Å². The fraction of sp³-hybridized carbons (Fsp3) is 0.923. The molecule has 0 saturated heterocycles. The number of nitrogens with zero attached hydrogens (tertiary/aromatic N) is 1. The highest BCUT2D eigenvalue weighted by Gasteiger charge is 2.20. The van der Waals surface area contributed by atoms with E-state index in [1.165, 1.54) is 25.7 Å². The lowest BCUT2D eigenvalue weighted by atomic mass is 10.2. The van der Waals surface area contributed by atoms with Crippen LogP contribution in [0, 0.1) is 5.92 Å². The molecule has 0 radical (unpaired) electrons. The van der Waals surface area contributed by atoms with Crippen LogP contribution in [0.3, 0.4) is 0 Å². The predicted octanol–water partition coefficient (Wildman–Crippen LogP) is 3.10. The van der Waals surface area contributed by atoms with Gasteiger partial charge in [0.2, 0.25) is 0 Å². The van der Waals surface area contributed by atoms with E-state index in [4.69, 9.17) is 0 Å². The molecule has 1 rings (SSSR count). The maximum atomic E-state index is 4.24. The van der Waals surface area contributed by atoms with Crippen molar-refractivity contribution in [2.75, 3.05) is 26.4 Å². The van der Waals surface area contributed by atoms with Crippen molar-refractivity contribution in [3.05, 3.63) is 0 Å². The van der Waals surface area contributed by atoms with Crippen molar-refractivity contribution in [1.29, 1.82) is 0 Å². The van der Waals surface area contributed by atoms with Gasteiger partial charge < -0.3 is 10.6 Å². The molecule has 0 aromatic rings. The minimum absolute atomic E-state index is 0. The van der Waals surface area contributed by atoms with E-state index in [-0.39, 0.29) is 28.7 Å². The first-order valence-electron chi connectivity index (χ1n) is 6.57. The smallest absolute Gasteiger partial charge is 0.191 e. The number of hydrogen-bond acceptors (Lipinski definition) is 2. The van der Waals surface area contributed by atoms with Crippen LogP contribution in [0.2, 0.25) is 0 Å². The van der Waals surface area contributed by atoms with Gasteiger partial charge in [-0.15, -0.1) is 24.0 Å². The van der Waals surface area contributed by atoms with Crippen molar-refractivity contribution in [3.8, 4) is 0 Å². The summed E-state index contributed by atoms with van der Waals surface area (Å²) in [5.41, 5.74) is 0. The molecule has 108 valence electrons. The normalized spacial score (nSPS) is 16.1. The molecule has 0 spiro atoms. The van der Waals surface area contributed by atoms with Crippen molar-refractivity contribution >= 4 is 41.7 Å². The van der Waals surface area contributed by atoms with Gasteiger partial charge in [-0.2, -0.15) is 11.8 Å². The lowest BCUT2D eigenvalue weighted by molar-refractivity contribution is 0.631. The fourth-order valence-electron chi connectivity index (χ4n) is 1.59. The summed E-state index contributed by atoms with van der Waals surface area (Å²) in [6.07, 6.45) is 7.69. The average molecular weight is 385 g/mol. The molecule has 0 heterocycles. The molecule has 2 N–H and O–H groups in total. The third kappa shape index (κ3) is 8.45. The minimum atomic E-state index is 0. The maximum absolute atomic E-state index is 4.24. The van der Waals surface area contributed by atoms with Crippen molar-refractivity contribution in [2.24, 2.45) is 10.9 Å². The number of thioether (sulfide) groups is 1. The van der Waals surface area contributed by atoms with Gasteiger partial charge in [0, 0.05) is 24.9 Å². The number of halogens is 1. The first-order valence-corrected chi connectivity index (χ1v) is 7.79. The predicted molar refractivity (Wildman–Crippen MR) is 94.3 cm³/mol. The van der Waals surface area contributed by atoms with Crippen LogP contribution in [0.25, 0.3) is 0 Å². The van der Waals surface area contributed by atoms with E-state index in [0.717, 1.165) is 25.0 Å². The second-order valence-electron chi connectivity index (χ2n) is 5.40. The number of hydrogen-bond donors (Lipinski definition) is 2. The Bertz CT molecular complexity index is 253. The molecule has 0 unspecified atom stereocenters. The molecule has 5 heteroatoms. The zero-order valence-corrected chi connectivity index (χ0v) is 15.2. The van der Waals surface area contributed by atoms with Crippen LogP contribution >= 0.6 is 35.7 Å². The summed E-state index contributed by atoms with van der Waals surface area (Å²) in [5, 5.41) is 6.76. The van der Waals surface area contributed by atoms with Gasteiger partial charge in [-0.1, -0.05) is 12.8 Å². The van der Waals surface area contributed by atoms with Gasteiger partial charge >= 0.3 is 0 Å². The van der Waals surface area contributed by atoms with E-state index in [1.54, 1.807) is 0 Å². The molecule has 0 atom stereocenters. The van der Waals surface area contributed by atoms with Crippen LogP contribution in [0.15, 0.2) is 4.99 Å². The Kier molecular flexibility index (Phi) is 9.47. The van der Waals surface area contributed by atoms with Crippen molar-refractivity contribution in [3.63, 3.8) is 0 Å². The molecular formula is C13H28IN3S. The lowest BCUT2D eigenvalue weighted by Gasteiger charge is -2.23. The molecule has 0 bridgehead atoms. The minimum Gasteiger partial charge on any atom is -0.356 e. The van der Waals surface area contributed by atoms with Gasteiger partial charge in [0.15, 0.2) is 5.96 Å². The Morgan fingerprint density at radius 3 is 2.50 bits per heavy atom. The summed E-state index contributed by atoms with van der Waals surface area (Å²) in [6.45, 7) is 6.46. The van der Waals surface area contributed by atoms with E-state index in [2.05, 4.69) is 35.7 Å². The second-order valence-corrected chi connectivity index (χ2v) is 6.92. The Morgan fingerprint density at radius 2 is 2.00 bits per heavy atom. The second kappa shape index (κ2) is 9.28. The van der Waals surface area contributed by atoms with Crippen molar-refractivity contribution in [1.82, 2.24) is 10.6 Å². The Morgan fingerprint density at radius 1 is 1.33 bits per heavy atom. The first-order chi connectivity index (χ1) is 8.07. The summed E-state index contributed by atoms with van der Waals surface area (Å²) in [4.78, 5) is 4.24. The molecule has 0 aromatic carbocycles. The highest BCUT2D eigenvalue weighted by Crippen LogP contribution is 2.33. The Labute approximate surface area is 133 Å². The fourth-order valence-corrected chi connectivity index (χ4v) is 1.81. The molecule has 0 amide bonds. The van der Waals surface area contributed by atoms with Crippen LogP contribution in [0.4, 0.5) is 0 Å². The summed E-state index contributed by atoms with van der Waals surface area (Å²) in [7, 11) is 1.84. The molecule has 0 aliphatic heterocycles. The van der Waals surface area contributed by atoms with E-state index in [9.17, 15) is 0 Å². The third-order valence-electron chi connectivity index (χ3n) is 3.24. The SMILES string of the molecule is CN=C(NCCCC1CC1)NCC(C)(C)SC.I. The number of rotatable bonds is 7. The molecule has 18 heavy (non-hydrogen) atoms. The number of guanidine groups is 1. The zero-order chi connectivity index (χ0) is 12.7. The van der Waals surface area contributed by atoms with E-state index in [1.807, 2.05) is 18.8 Å². The first kappa shape index (κ1) is 18.4. The summed E-state index contributed by atoms with van der Waals surface area (Å²) < 4.78 is 0.256. The summed E-state index contributed by atoms with van der Waals surface area (Å²) in [6, 6.07) is 0. The van der Waals surface area contributed by atoms with E-state index >= 15 is 0 Å². The highest BCUT2D eigenvalue weighted by molar-refractivity contribution is 14.0. The van der Waals surface area contributed by atoms with Crippen molar-refractivity contribution in [2.45, 2.75) is 44.3 Å². The monoisotopic (exact) mass is 385 g/mol. The van der Waals surface area contributed by atoms with Gasteiger partial charge in [-0.3, -0.25) is 4.99 Å². The molecule has 1 fully saturated rings. The quantitative estimate of drug-likeness (QED) is 0.306. The molecule has 1 aliphatic carbocycles. The topological polar surface area (TPSA) is 36.4 Å². The van der Waals surface area contributed by atoms with E-state index < -0.39 is 0 Å². The molecule has 1 saturated carbocycles. The van der Waals surface area contributed by atoms with Crippen LogP contribution in [0.1, 0.15) is 39.5 Å². The van der Waals surface area contributed by atoms with Gasteiger partial charge in [0.05, 0.1) is 0 Å². The number of aliphatic imine (C=N–C) groups is 1. The largest absolute Gasteiger partial charge is 0.356 e. The standard InChI is InChI=1S/C13H27N3S.HI/c1-13(2,17-4)10-16-12(14-3)15-9-5-6-11-7-8-11;/h11H,5-10H2,1-4H3,(H2,14,15,16);1H. The molecule has 3 nitrogen and oxygen atoms in total. The molecule has 1 aliphatic rings. The highest BCUT2D eigenvalue weighted by atomic mass is 127. The van der Waals surface area contributed by atoms with E-state index in [0.29, 0.717) is 0 Å². The Balaban J connectivity index is 0.00000289. The van der Waals surface area contributed by atoms with Crippen LogP contribution in [-0.2, 0) is 0 Å². The zero-order valence-electron chi connectivity index (χ0n) is 12.1. The van der Waals surface area contributed by atoms with Gasteiger partial charge in [-0.05, 0) is 38.9 Å². The Hall–Kier alpha value is 0.350. The summed E-state index contributed by atoms with van der Waals surface area (Å²) in [5.74, 6) is 1.96. The van der Waals surface area contributed by atoms with Gasteiger partial charge in [0.25, 0.3) is 0 Å². The van der Waals surface area contributed by atoms with Gasteiger partial charge in [0.1, 0.15) is 0 Å². The maximum Gasteiger partial charge on any atom is 0.191 e. The number of nitrogens with one attached hydrogen (secondary N) is 2. The molecule has 0 aromatic heterocycles. The third-order valence-corrected chi connectivity index (χ3v) is 4.49. The average Bonchev–Trinajstić information content (AvgIpc) is 3.12. The summed E-state index contributed by atoms with van der Waals surface area (Å²) >= 11 is 1.87. The van der Waals surface area contributed by atoms with Crippen LogP contribution in [-0.4, -0.2) is 37.1 Å². The lowest BCUT2D eigenvalue weighted by Crippen LogP contribution is -2.43. The molecular weight excluding hydrogens is 357 g/mol.